The van der Waals surface area contributed by atoms with Gasteiger partial charge in [-0.3, -0.25) is 0 Å². The zero-order valence-corrected chi connectivity index (χ0v) is 17.3. The largest absolute Gasteiger partial charge is 0.339 e. The Morgan fingerprint density at radius 1 is 1.18 bits per heavy atom. The fraction of sp³-hybridized carbons (Fsp3) is 0.250. The number of rotatable bonds is 3. The van der Waals surface area contributed by atoms with Gasteiger partial charge in [0, 0.05) is 39.8 Å². The third-order valence-electron chi connectivity index (χ3n) is 4.75. The fourth-order valence-electron chi connectivity index (χ4n) is 3.22. The lowest BCUT2D eigenvalue weighted by atomic mass is 9.97. The average Bonchev–Trinajstić information content (AvgIpc) is 3.19. The zero-order valence-electron chi connectivity index (χ0n) is 14.9. The molecule has 144 valence electrons. The molecule has 2 aromatic carbocycles. The van der Waals surface area contributed by atoms with Gasteiger partial charge < -0.3 is 14.7 Å². The summed E-state index contributed by atoms with van der Waals surface area (Å²) in [6.45, 7) is 1.28. The predicted molar refractivity (Wildman–Crippen MR) is 111 cm³/mol. The first-order valence-corrected chi connectivity index (χ1v) is 10.2. The molecule has 8 heteroatoms. The standard InChI is InChI=1S/C20H18BrClN4O2/c21-15-2-1-3-17(12-15)23-20(27)26-10-8-14(9-11-26)19-24-18(25-28-19)13-4-6-16(22)7-5-13/h1-7,12,14H,8-11H2,(H,23,27). The van der Waals surface area contributed by atoms with Crippen molar-refractivity contribution in [2.75, 3.05) is 18.4 Å². The number of halogens is 2. The second kappa shape index (κ2) is 8.32. The number of carbonyl (C=O) groups is 1. The number of nitrogens with zero attached hydrogens (tertiary/aromatic N) is 3. The number of hydrogen-bond donors (Lipinski definition) is 1. The van der Waals surface area contributed by atoms with Crippen LogP contribution in [0.3, 0.4) is 0 Å². The van der Waals surface area contributed by atoms with Crippen LogP contribution in [0.15, 0.2) is 57.5 Å². The van der Waals surface area contributed by atoms with Crippen LogP contribution >= 0.6 is 27.5 Å². The monoisotopic (exact) mass is 460 g/mol. The average molecular weight is 462 g/mol. The van der Waals surface area contributed by atoms with E-state index >= 15 is 0 Å². The number of hydrogen-bond acceptors (Lipinski definition) is 4. The van der Waals surface area contributed by atoms with Crippen molar-refractivity contribution in [3.63, 3.8) is 0 Å². The Morgan fingerprint density at radius 2 is 1.93 bits per heavy atom. The van der Waals surface area contributed by atoms with E-state index in [1.54, 1.807) is 12.1 Å². The number of benzene rings is 2. The smallest absolute Gasteiger partial charge is 0.321 e. The summed E-state index contributed by atoms with van der Waals surface area (Å²) in [5, 5.41) is 7.68. The number of carbonyl (C=O) groups excluding carboxylic acids is 1. The van der Waals surface area contributed by atoms with Crippen LogP contribution in [0.5, 0.6) is 0 Å². The van der Waals surface area contributed by atoms with Gasteiger partial charge in [0.25, 0.3) is 0 Å². The minimum Gasteiger partial charge on any atom is -0.339 e. The number of aromatic nitrogens is 2. The maximum atomic E-state index is 12.5. The summed E-state index contributed by atoms with van der Waals surface area (Å²) in [5.41, 5.74) is 1.64. The molecule has 1 aliphatic rings. The summed E-state index contributed by atoms with van der Waals surface area (Å²) in [4.78, 5) is 18.8. The molecule has 1 aromatic heterocycles. The van der Waals surface area contributed by atoms with Crippen LogP contribution in [0.25, 0.3) is 11.4 Å². The van der Waals surface area contributed by atoms with E-state index < -0.39 is 0 Å². The Hall–Kier alpha value is -2.38. The van der Waals surface area contributed by atoms with Gasteiger partial charge in [-0.1, -0.05) is 38.8 Å². The molecule has 0 bridgehead atoms. The van der Waals surface area contributed by atoms with Gasteiger partial charge in [-0.2, -0.15) is 4.98 Å². The highest BCUT2D eigenvalue weighted by Crippen LogP contribution is 2.29. The molecule has 0 saturated carbocycles. The van der Waals surface area contributed by atoms with Gasteiger partial charge in [-0.25, -0.2) is 4.79 Å². The topological polar surface area (TPSA) is 71.3 Å². The molecule has 1 fully saturated rings. The highest BCUT2D eigenvalue weighted by atomic mass is 79.9. The number of urea groups is 1. The van der Waals surface area contributed by atoms with Crippen LogP contribution in [-0.2, 0) is 0 Å². The molecule has 1 aliphatic heterocycles. The first kappa shape index (κ1) is 19.0. The van der Waals surface area contributed by atoms with Crippen LogP contribution in [0.4, 0.5) is 10.5 Å². The van der Waals surface area contributed by atoms with Crippen molar-refractivity contribution >= 4 is 39.2 Å². The summed E-state index contributed by atoms with van der Waals surface area (Å²) in [7, 11) is 0. The Balaban J connectivity index is 1.35. The van der Waals surface area contributed by atoms with Crippen molar-refractivity contribution in [2.45, 2.75) is 18.8 Å². The van der Waals surface area contributed by atoms with E-state index in [1.807, 2.05) is 41.3 Å². The molecule has 6 nitrogen and oxygen atoms in total. The van der Waals surface area contributed by atoms with Crippen molar-refractivity contribution in [3.8, 4) is 11.4 Å². The van der Waals surface area contributed by atoms with Gasteiger partial charge in [0.1, 0.15) is 0 Å². The third-order valence-corrected chi connectivity index (χ3v) is 5.50. The van der Waals surface area contributed by atoms with E-state index in [4.69, 9.17) is 16.1 Å². The first-order valence-electron chi connectivity index (χ1n) is 8.99. The van der Waals surface area contributed by atoms with Gasteiger partial charge in [0.05, 0.1) is 0 Å². The lowest BCUT2D eigenvalue weighted by molar-refractivity contribution is 0.187. The molecule has 0 aliphatic carbocycles. The van der Waals surface area contributed by atoms with Crippen molar-refractivity contribution in [2.24, 2.45) is 0 Å². The molecule has 28 heavy (non-hydrogen) atoms. The molecule has 1 N–H and O–H groups in total. The van der Waals surface area contributed by atoms with E-state index in [9.17, 15) is 4.79 Å². The van der Waals surface area contributed by atoms with Crippen LogP contribution in [-0.4, -0.2) is 34.2 Å². The lowest BCUT2D eigenvalue weighted by Crippen LogP contribution is -2.40. The fourth-order valence-corrected chi connectivity index (χ4v) is 3.74. The van der Waals surface area contributed by atoms with Gasteiger partial charge in [-0.05, 0) is 55.3 Å². The molecule has 0 unspecified atom stereocenters. The molecular formula is C20H18BrClN4O2. The second-order valence-electron chi connectivity index (χ2n) is 6.66. The first-order chi connectivity index (χ1) is 13.6. The quantitative estimate of drug-likeness (QED) is 0.554. The van der Waals surface area contributed by atoms with Gasteiger partial charge in [0.15, 0.2) is 0 Å². The molecular weight excluding hydrogens is 444 g/mol. The number of nitrogens with one attached hydrogen (secondary N) is 1. The lowest BCUT2D eigenvalue weighted by Gasteiger charge is -2.30. The summed E-state index contributed by atoms with van der Waals surface area (Å²) in [5.74, 6) is 1.34. The molecule has 4 rings (SSSR count). The summed E-state index contributed by atoms with van der Waals surface area (Å²) >= 11 is 9.33. The molecule has 3 aromatic rings. The maximum Gasteiger partial charge on any atom is 0.321 e. The number of anilines is 1. The van der Waals surface area contributed by atoms with Crippen LogP contribution in [0.1, 0.15) is 24.7 Å². The second-order valence-corrected chi connectivity index (χ2v) is 8.02. The maximum absolute atomic E-state index is 12.5. The molecule has 0 radical (unpaired) electrons. The Kier molecular flexibility index (Phi) is 5.64. The highest BCUT2D eigenvalue weighted by Gasteiger charge is 2.27. The number of piperidine rings is 1. The predicted octanol–water partition coefficient (Wildman–Crippen LogP) is 5.56. The van der Waals surface area contributed by atoms with E-state index in [0.717, 1.165) is 28.6 Å². The Morgan fingerprint density at radius 3 is 2.64 bits per heavy atom. The molecule has 1 saturated heterocycles. The molecule has 0 spiro atoms. The van der Waals surface area contributed by atoms with E-state index in [-0.39, 0.29) is 11.9 Å². The van der Waals surface area contributed by atoms with Gasteiger partial charge >= 0.3 is 6.03 Å². The normalized spacial score (nSPS) is 14.9. The summed E-state index contributed by atoms with van der Waals surface area (Å²) < 4.78 is 6.40. The minimum atomic E-state index is -0.0936. The van der Waals surface area contributed by atoms with E-state index in [1.165, 1.54) is 0 Å². The van der Waals surface area contributed by atoms with Crippen molar-refractivity contribution in [3.05, 3.63) is 63.9 Å². The molecule has 0 atom stereocenters. The third kappa shape index (κ3) is 4.36. The SMILES string of the molecule is O=C(Nc1cccc(Br)c1)N1CCC(c2nc(-c3ccc(Cl)cc3)no2)CC1. The molecule has 2 heterocycles. The Bertz CT molecular complexity index is 968. The summed E-state index contributed by atoms with van der Waals surface area (Å²) in [6, 6.07) is 14.8. The number of amides is 2. The minimum absolute atomic E-state index is 0.0936. The van der Waals surface area contributed by atoms with E-state index in [2.05, 4.69) is 31.4 Å². The number of likely N-dealkylation sites (tertiary alicyclic amines) is 1. The van der Waals surface area contributed by atoms with Crippen LogP contribution in [0.2, 0.25) is 5.02 Å². The molecule has 2 amide bonds. The van der Waals surface area contributed by atoms with Gasteiger partial charge in [0.2, 0.25) is 11.7 Å². The van der Waals surface area contributed by atoms with Crippen LogP contribution < -0.4 is 5.32 Å². The van der Waals surface area contributed by atoms with E-state index in [0.29, 0.717) is 29.8 Å². The van der Waals surface area contributed by atoms with Crippen molar-refractivity contribution in [1.82, 2.24) is 15.0 Å². The van der Waals surface area contributed by atoms with Crippen molar-refractivity contribution < 1.29 is 9.32 Å². The zero-order chi connectivity index (χ0) is 19.5. The summed E-state index contributed by atoms with van der Waals surface area (Å²) in [6.07, 6.45) is 1.57. The highest BCUT2D eigenvalue weighted by molar-refractivity contribution is 9.10. The van der Waals surface area contributed by atoms with Gasteiger partial charge in [-0.15, -0.1) is 0 Å². The Labute approximate surface area is 176 Å². The van der Waals surface area contributed by atoms with Crippen molar-refractivity contribution in [1.29, 1.82) is 0 Å². The van der Waals surface area contributed by atoms with Crippen LogP contribution in [0, 0.1) is 0 Å².